The molecule has 1 aromatic carbocycles. The van der Waals surface area contributed by atoms with E-state index in [0.29, 0.717) is 10.0 Å². The van der Waals surface area contributed by atoms with Crippen molar-refractivity contribution in [2.45, 2.75) is 57.4 Å². The van der Waals surface area contributed by atoms with E-state index >= 15 is 0 Å². The zero-order valence-corrected chi connectivity index (χ0v) is 13.1. The third kappa shape index (κ3) is 4.11. The maximum atomic E-state index is 6.62. The van der Waals surface area contributed by atoms with E-state index in [1.54, 1.807) is 0 Å². The van der Waals surface area contributed by atoms with Crippen molar-refractivity contribution in [1.82, 2.24) is 0 Å². The van der Waals surface area contributed by atoms with Crippen LogP contribution in [0.2, 0.25) is 10.0 Å². The van der Waals surface area contributed by atoms with Gasteiger partial charge in [0, 0.05) is 5.54 Å². The van der Waals surface area contributed by atoms with Crippen molar-refractivity contribution in [2.24, 2.45) is 11.7 Å². The van der Waals surface area contributed by atoms with Crippen LogP contribution < -0.4 is 5.73 Å². The van der Waals surface area contributed by atoms with Gasteiger partial charge in [-0.3, -0.25) is 0 Å². The summed E-state index contributed by atoms with van der Waals surface area (Å²) in [5, 5.41) is 1.24. The Morgan fingerprint density at radius 2 is 2.00 bits per heavy atom. The number of benzene rings is 1. The maximum absolute atomic E-state index is 6.62. The number of nitrogens with two attached hydrogens (primary N) is 1. The second kappa shape index (κ2) is 6.47. The van der Waals surface area contributed by atoms with E-state index in [-0.39, 0.29) is 5.54 Å². The molecule has 3 heteroatoms. The molecule has 0 aliphatic heterocycles. The molecule has 2 unspecified atom stereocenters. The molecule has 0 radical (unpaired) electrons. The Morgan fingerprint density at radius 3 is 2.68 bits per heavy atom. The predicted molar refractivity (Wildman–Crippen MR) is 84.0 cm³/mol. The van der Waals surface area contributed by atoms with Gasteiger partial charge in [-0.1, -0.05) is 55.5 Å². The van der Waals surface area contributed by atoms with Gasteiger partial charge in [0.2, 0.25) is 0 Å². The second-order valence-electron chi connectivity index (χ2n) is 5.99. The van der Waals surface area contributed by atoms with Crippen LogP contribution >= 0.6 is 23.2 Å². The Hall–Kier alpha value is -0.240. The lowest BCUT2D eigenvalue weighted by Gasteiger charge is -2.28. The van der Waals surface area contributed by atoms with Crippen LogP contribution in [0.15, 0.2) is 18.2 Å². The zero-order chi connectivity index (χ0) is 13.9. The SMILES string of the molecule is CCC1CCCC(N)(Cc2ccc(Cl)c(Cl)c2)CC1. The van der Waals surface area contributed by atoms with Crippen LogP contribution in [-0.4, -0.2) is 5.54 Å². The molecule has 2 atom stereocenters. The summed E-state index contributed by atoms with van der Waals surface area (Å²) in [6.45, 7) is 2.28. The number of rotatable bonds is 3. The van der Waals surface area contributed by atoms with Gasteiger partial charge in [0.15, 0.2) is 0 Å². The molecule has 2 N–H and O–H groups in total. The highest BCUT2D eigenvalue weighted by molar-refractivity contribution is 6.42. The van der Waals surface area contributed by atoms with Gasteiger partial charge in [0.1, 0.15) is 0 Å². The lowest BCUT2D eigenvalue weighted by Crippen LogP contribution is -2.41. The highest BCUT2D eigenvalue weighted by Crippen LogP contribution is 2.33. The highest BCUT2D eigenvalue weighted by atomic mass is 35.5. The van der Waals surface area contributed by atoms with Gasteiger partial charge in [-0.15, -0.1) is 0 Å². The Labute approximate surface area is 126 Å². The van der Waals surface area contributed by atoms with E-state index in [9.17, 15) is 0 Å². The Kier molecular flexibility index (Phi) is 5.16. The standard InChI is InChI=1S/C16H23Cl2N/c1-2-12-4-3-8-16(19,9-7-12)11-13-5-6-14(17)15(18)10-13/h5-6,10,12H,2-4,7-9,11,19H2,1H3. The minimum absolute atomic E-state index is 0.0684. The van der Waals surface area contributed by atoms with E-state index in [1.807, 2.05) is 18.2 Å². The first-order valence-corrected chi connectivity index (χ1v) is 8.01. The van der Waals surface area contributed by atoms with E-state index in [2.05, 4.69) is 6.92 Å². The molecular weight excluding hydrogens is 277 g/mol. The highest BCUT2D eigenvalue weighted by Gasteiger charge is 2.29. The molecule has 0 bridgehead atoms. The zero-order valence-electron chi connectivity index (χ0n) is 11.6. The smallest absolute Gasteiger partial charge is 0.0595 e. The molecule has 1 fully saturated rings. The summed E-state index contributed by atoms with van der Waals surface area (Å²) in [5.74, 6) is 0.860. The van der Waals surface area contributed by atoms with Crippen LogP contribution in [0.5, 0.6) is 0 Å². The lowest BCUT2D eigenvalue weighted by molar-refractivity contribution is 0.358. The fourth-order valence-electron chi connectivity index (χ4n) is 3.14. The summed E-state index contributed by atoms with van der Waals surface area (Å²) >= 11 is 12.0. The van der Waals surface area contributed by atoms with Gasteiger partial charge in [0.25, 0.3) is 0 Å². The van der Waals surface area contributed by atoms with Crippen molar-refractivity contribution in [3.63, 3.8) is 0 Å². The van der Waals surface area contributed by atoms with Crippen molar-refractivity contribution in [3.05, 3.63) is 33.8 Å². The Bertz CT molecular complexity index is 433. The molecular formula is C16H23Cl2N. The summed E-state index contributed by atoms with van der Waals surface area (Å²) in [4.78, 5) is 0. The summed E-state index contributed by atoms with van der Waals surface area (Å²) < 4.78 is 0. The van der Waals surface area contributed by atoms with Crippen LogP contribution in [0.4, 0.5) is 0 Å². The van der Waals surface area contributed by atoms with Crippen LogP contribution in [0, 0.1) is 5.92 Å². The fourth-order valence-corrected chi connectivity index (χ4v) is 3.47. The minimum atomic E-state index is -0.0684. The monoisotopic (exact) mass is 299 g/mol. The van der Waals surface area contributed by atoms with E-state index in [4.69, 9.17) is 28.9 Å². The molecule has 0 aromatic heterocycles. The maximum Gasteiger partial charge on any atom is 0.0595 e. The van der Waals surface area contributed by atoms with Crippen LogP contribution in [0.3, 0.4) is 0 Å². The first-order chi connectivity index (χ1) is 9.02. The molecule has 0 heterocycles. The normalized spacial score (nSPS) is 28.1. The molecule has 0 spiro atoms. The third-order valence-corrected chi connectivity index (χ3v) is 5.19. The topological polar surface area (TPSA) is 26.0 Å². The van der Waals surface area contributed by atoms with Gasteiger partial charge in [-0.2, -0.15) is 0 Å². The van der Waals surface area contributed by atoms with Crippen molar-refractivity contribution in [2.75, 3.05) is 0 Å². The molecule has 1 aliphatic carbocycles. The molecule has 1 nitrogen and oxygen atoms in total. The van der Waals surface area contributed by atoms with Gasteiger partial charge in [0.05, 0.1) is 10.0 Å². The molecule has 1 saturated carbocycles. The van der Waals surface area contributed by atoms with Gasteiger partial charge in [-0.05, 0) is 49.3 Å². The largest absolute Gasteiger partial charge is 0.325 e. The van der Waals surface area contributed by atoms with Crippen molar-refractivity contribution in [1.29, 1.82) is 0 Å². The summed E-state index contributed by atoms with van der Waals surface area (Å²) in [6, 6.07) is 5.87. The lowest BCUT2D eigenvalue weighted by atomic mass is 9.84. The fraction of sp³-hybridized carbons (Fsp3) is 0.625. The molecule has 106 valence electrons. The quantitative estimate of drug-likeness (QED) is 0.761. The Balaban J connectivity index is 2.05. The number of halogens is 2. The van der Waals surface area contributed by atoms with Crippen molar-refractivity contribution >= 4 is 23.2 Å². The molecule has 1 aromatic rings. The minimum Gasteiger partial charge on any atom is -0.325 e. The van der Waals surface area contributed by atoms with Gasteiger partial charge in [-0.25, -0.2) is 0 Å². The molecule has 1 aliphatic rings. The first kappa shape index (κ1) is 15.2. The summed E-state index contributed by atoms with van der Waals surface area (Å²) in [7, 11) is 0. The molecule has 0 amide bonds. The molecule has 2 rings (SSSR count). The van der Waals surface area contributed by atoms with Crippen LogP contribution in [0.25, 0.3) is 0 Å². The molecule has 0 saturated heterocycles. The van der Waals surface area contributed by atoms with E-state index in [1.165, 1.54) is 31.2 Å². The summed E-state index contributed by atoms with van der Waals surface area (Å²) in [5.41, 5.74) is 7.75. The third-order valence-electron chi connectivity index (χ3n) is 4.46. The van der Waals surface area contributed by atoms with E-state index < -0.39 is 0 Å². The second-order valence-corrected chi connectivity index (χ2v) is 6.81. The van der Waals surface area contributed by atoms with E-state index in [0.717, 1.165) is 25.2 Å². The average molecular weight is 300 g/mol. The van der Waals surface area contributed by atoms with Gasteiger partial charge >= 0.3 is 0 Å². The number of hydrogen-bond acceptors (Lipinski definition) is 1. The first-order valence-electron chi connectivity index (χ1n) is 7.25. The molecule has 19 heavy (non-hydrogen) atoms. The average Bonchev–Trinajstić information content (AvgIpc) is 2.56. The Morgan fingerprint density at radius 1 is 1.21 bits per heavy atom. The van der Waals surface area contributed by atoms with Crippen molar-refractivity contribution in [3.8, 4) is 0 Å². The predicted octanol–water partition coefficient (Wildman–Crippen LogP) is 5.22. The number of hydrogen-bond donors (Lipinski definition) is 1. The van der Waals surface area contributed by atoms with Crippen molar-refractivity contribution < 1.29 is 0 Å². The summed E-state index contributed by atoms with van der Waals surface area (Å²) in [6.07, 6.45) is 8.25. The van der Waals surface area contributed by atoms with Gasteiger partial charge < -0.3 is 5.73 Å². The van der Waals surface area contributed by atoms with Crippen LogP contribution in [-0.2, 0) is 6.42 Å². The van der Waals surface area contributed by atoms with Crippen LogP contribution in [0.1, 0.15) is 51.0 Å².